The molecule has 19 heavy (non-hydrogen) atoms. The molecule has 1 aliphatic carbocycles. The lowest BCUT2D eigenvalue weighted by atomic mass is 9.82. The average Bonchev–Trinajstić information content (AvgIpc) is 2.37. The fourth-order valence-electron chi connectivity index (χ4n) is 3.18. The second-order valence-electron chi connectivity index (χ2n) is 6.20. The molecule has 0 saturated heterocycles. The summed E-state index contributed by atoms with van der Waals surface area (Å²) in [4.78, 5) is 0. The Morgan fingerprint density at radius 1 is 1.00 bits per heavy atom. The molecule has 2 unspecified atom stereocenters. The third-order valence-electron chi connectivity index (χ3n) is 4.02. The molecule has 1 N–H and O–H groups in total. The van der Waals surface area contributed by atoms with E-state index in [1.54, 1.807) is 0 Å². The van der Waals surface area contributed by atoms with E-state index in [0.717, 1.165) is 25.0 Å². The molecule has 0 amide bonds. The van der Waals surface area contributed by atoms with Crippen LogP contribution in [-0.2, 0) is 17.9 Å². The van der Waals surface area contributed by atoms with Crippen molar-refractivity contribution in [2.24, 2.45) is 11.8 Å². The molecule has 0 spiro atoms. The predicted molar refractivity (Wildman–Crippen MR) is 80.0 cm³/mol. The molecule has 0 aliphatic heterocycles. The predicted octanol–water partition coefficient (Wildman–Crippen LogP) is 3.75. The van der Waals surface area contributed by atoms with Gasteiger partial charge in [-0.3, -0.25) is 0 Å². The summed E-state index contributed by atoms with van der Waals surface area (Å²) in [6, 6.07) is 8.73. The lowest BCUT2D eigenvalue weighted by molar-refractivity contribution is -0.00915. The van der Waals surface area contributed by atoms with Crippen LogP contribution in [0.1, 0.15) is 44.2 Å². The van der Waals surface area contributed by atoms with E-state index < -0.39 is 0 Å². The number of benzene rings is 1. The van der Waals surface area contributed by atoms with E-state index in [-0.39, 0.29) is 0 Å². The van der Waals surface area contributed by atoms with Gasteiger partial charge >= 0.3 is 0 Å². The van der Waals surface area contributed by atoms with Crippen molar-refractivity contribution in [3.05, 3.63) is 35.4 Å². The van der Waals surface area contributed by atoms with Crippen LogP contribution in [0.4, 0.5) is 0 Å². The van der Waals surface area contributed by atoms with Crippen LogP contribution >= 0.6 is 0 Å². The smallest absolute Gasteiger partial charge is 0.0720 e. The zero-order valence-corrected chi connectivity index (χ0v) is 12.5. The van der Waals surface area contributed by atoms with E-state index in [1.807, 2.05) is 7.05 Å². The molecule has 1 aromatic carbocycles. The Labute approximate surface area is 117 Å². The minimum atomic E-state index is 0.454. The first kappa shape index (κ1) is 14.5. The van der Waals surface area contributed by atoms with Crippen molar-refractivity contribution in [3.8, 4) is 0 Å². The standard InChI is InChI=1S/C17H27NO/c1-13-8-14(2)10-17(9-13)19-12-16-6-4-15(5-7-16)11-18-3/h4-7,13-14,17-18H,8-12H2,1-3H3. The molecule has 1 saturated carbocycles. The van der Waals surface area contributed by atoms with Crippen molar-refractivity contribution in [2.45, 2.75) is 52.4 Å². The molecule has 1 aromatic rings. The normalized spacial score (nSPS) is 27.4. The Balaban J connectivity index is 1.81. The number of rotatable bonds is 5. The molecular formula is C17H27NO. The fraction of sp³-hybridized carbons (Fsp3) is 0.647. The minimum absolute atomic E-state index is 0.454. The van der Waals surface area contributed by atoms with Gasteiger partial charge in [0.1, 0.15) is 0 Å². The van der Waals surface area contributed by atoms with E-state index in [9.17, 15) is 0 Å². The zero-order chi connectivity index (χ0) is 13.7. The van der Waals surface area contributed by atoms with E-state index in [4.69, 9.17) is 4.74 Å². The lowest BCUT2D eigenvalue weighted by Crippen LogP contribution is -2.26. The average molecular weight is 261 g/mol. The van der Waals surface area contributed by atoms with Gasteiger partial charge in [0.25, 0.3) is 0 Å². The van der Waals surface area contributed by atoms with Crippen LogP contribution in [-0.4, -0.2) is 13.2 Å². The first-order chi connectivity index (χ1) is 9.17. The molecule has 2 heteroatoms. The first-order valence-corrected chi connectivity index (χ1v) is 7.51. The fourth-order valence-corrected chi connectivity index (χ4v) is 3.18. The van der Waals surface area contributed by atoms with Gasteiger partial charge in [0, 0.05) is 6.54 Å². The SMILES string of the molecule is CNCc1ccc(COC2CC(C)CC(C)C2)cc1. The summed E-state index contributed by atoms with van der Waals surface area (Å²) in [5.41, 5.74) is 2.61. The van der Waals surface area contributed by atoms with E-state index >= 15 is 0 Å². The van der Waals surface area contributed by atoms with E-state index in [1.165, 1.54) is 30.4 Å². The number of ether oxygens (including phenoxy) is 1. The van der Waals surface area contributed by atoms with Crippen LogP contribution in [0.5, 0.6) is 0 Å². The molecule has 1 aliphatic rings. The largest absolute Gasteiger partial charge is 0.374 e. The van der Waals surface area contributed by atoms with Gasteiger partial charge in [0.15, 0.2) is 0 Å². The van der Waals surface area contributed by atoms with Crippen molar-refractivity contribution in [2.75, 3.05) is 7.05 Å². The van der Waals surface area contributed by atoms with Crippen LogP contribution in [0.2, 0.25) is 0 Å². The third-order valence-corrected chi connectivity index (χ3v) is 4.02. The Morgan fingerprint density at radius 3 is 2.16 bits per heavy atom. The minimum Gasteiger partial charge on any atom is -0.374 e. The Hall–Kier alpha value is -0.860. The molecule has 2 atom stereocenters. The number of nitrogens with one attached hydrogen (secondary N) is 1. The second kappa shape index (κ2) is 7.06. The molecular weight excluding hydrogens is 234 g/mol. The van der Waals surface area contributed by atoms with Crippen LogP contribution in [0, 0.1) is 11.8 Å². The third kappa shape index (κ3) is 4.63. The van der Waals surface area contributed by atoms with Crippen LogP contribution in [0.15, 0.2) is 24.3 Å². The van der Waals surface area contributed by atoms with Crippen molar-refractivity contribution in [3.63, 3.8) is 0 Å². The monoisotopic (exact) mass is 261 g/mol. The second-order valence-corrected chi connectivity index (χ2v) is 6.20. The Bertz CT molecular complexity index is 363. The summed E-state index contributed by atoms with van der Waals surface area (Å²) >= 11 is 0. The van der Waals surface area contributed by atoms with Crippen molar-refractivity contribution in [1.29, 1.82) is 0 Å². The maximum absolute atomic E-state index is 6.09. The summed E-state index contributed by atoms with van der Waals surface area (Å²) in [7, 11) is 1.97. The molecule has 0 radical (unpaired) electrons. The lowest BCUT2D eigenvalue weighted by Gasteiger charge is -2.31. The molecule has 0 heterocycles. The first-order valence-electron chi connectivity index (χ1n) is 7.51. The highest BCUT2D eigenvalue weighted by molar-refractivity contribution is 5.21. The highest BCUT2D eigenvalue weighted by atomic mass is 16.5. The van der Waals surface area contributed by atoms with Gasteiger partial charge in [-0.15, -0.1) is 0 Å². The molecule has 2 rings (SSSR count). The van der Waals surface area contributed by atoms with Gasteiger partial charge in [0.05, 0.1) is 12.7 Å². The van der Waals surface area contributed by atoms with Gasteiger partial charge in [0.2, 0.25) is 0 Å². The summed E-state index contributed by atoms with van der Waals surface area (Å²) in [5, 5.41) is 3.17. The quantitative estimate of drug-likeness (QED) is 0.871. The summed E-state index contributed by atoms with van der Waals surface area (Å²) in [6.07, 6.45) is 4.26. The van der Waals surface area contributed by atoms with Gasteiger partial charge < -0.3 is 10.1 Å². The van der Waals surface area contributed by atoms with Crippen LogP contribution in [0.25, 0.3) is 0 Å². The van der Waals surface area contributed by atoms with Crippen LogP contribution in [0.3, 0.4) is 0 Å². The molecule has 2 nitrogen and oxygen atoms in total. The van der Waals surface area contributed by atoms with Crippen LogP contribution < -0.4 is 5.32 Å². The van der Waals surface area contributed by atoms with Crippen molar-refractivity contribution >= 4 is 0 Å². The highest BCUT2D eigenvalue weighted by Crippen LogP contribution is 2.30. The van der Waals surface area contributed by atoms with Gasteiger partial charge in [-0.2, -0.15) is 0 Å². The summed E-state index contributed by atoms with van der Waals surface area (Å²) in [6.45, 7) is 6.37. The van der Waals surface area contributed by atoms with Crippen molar-refractivity contribution < 1.29 is 4.74 Å². The zero-order valence-electron chi connectivity index (χ0n) is 12.5. The van der Waals surface area contributed by atoms with Gasteiger partial charge in [-0.1, -0.05) is 38.1 Å². The van der Waals surface area contributed by atoms with Gasteiger partial charge in [-0.05, 0) is 49.3 Å². The Kier molecular flexibility index (Phi) is 5.41. The molecule has 0 aromatic heterocycles. The number of hydrogen-bond donors (Lipinski definition) is 1. The maximum atomic E-state index is 6.09. The molecule has 0 bridgehead atoms. The topological polar surface area (TPSA) is 21.3 Å². The maximum Gasteiger partial charge on any atom is 0.0720 e. The summed E-state index contributed by atoms with van der Waals surface area (Å²) in [5.74, 6) is 1.62. The Morgan fingerprint density at radius 2 is 1.58 bits per heavy atom. The van der Waals surface area contributed by atoms with Gasteiger partial charge in [-0.25, -0.2) is 0 Å². The molecule has 1 fully saturated rings. The molecule has 106 valence electrons. The van der Waals surface area contributed by atoms with Crippen molar-refractivity contribution in [1.82, 2.24) is 5.32 Å². The van der Waals surface area contributed by atoms with E-state index in [0.29, 0.717) is 6.10 Å². The van der Waals surface area contributed by atoms with E-state index in [2.05, 4.69) is 43.4 Å². The summed E-state index contributed by atoms with van der Waals surface area (Å²) < 4.78 is 6.09. The number of hydrogen-bond acceptors (Lipinski definition) is 2. The highest BCUT2D eigenvalue weighted by Gasteiger charge is 2.24.